The summed E-state index contributed by atoms with van der Waals surface area (Å²) in [7, 11) is 0. The number of ether oxygens (including phenoxy) is 1. The maximum absolute atomic E-state index is 13.2. The first-order valence-corrected chi connectivity index (χ1v) is 10.9. The highest BCUT2D eigenvalue weighted by Gasteiger charge is 2.42. The zero-order valence-corrected chi connectivity index (χ0v) is 19.1. The van der Waals surface area contributed by atoms with Gasteiger partial charge in [0, 0.05) is 18.1 Å². The molecule has 1 saturated carbocycles. The molecule has 15 heteroatoms. The number of nitrogens with zero attached hydrogens (tertiary/aromatic N) is 3. The number of alkyl halides is 6. The molecule has 1 heterocycles. The van der Waals surface area contributed by atoms with Gasteiger partial charge in [-0.1, -0.05) is 17.7 Å². The van der Waals surface area contributed by atoms with E-state index in [4.69, 9.17) is 16.3 Å². The van der Waals surface area contributed by atoms with Gasteiger partial charge in [0.15, 0.2) is 5.69 Å². The molecule has 8 nitrogen and oxygen atoms in total. The summed E-state index contributed by atoms with van der Waals surface area (Å²) in [5.74, 6) is -1.69. The number of hydrogen-bond donors (Lipinski definition) is 1. The number of aromatic nitrogens is 2. The number of halogens is 7. The minimum Gasteiger partial charge on any atom is -0.457 e. The van der Waals surface area contributed by atoms with Crippen LogP contribution in [0, 0.1) is 10.1 Å². The molecule has 0 atom stereocenters. The summed E-state index contributed by atoms with van der Waals surface area (Å²) < 4.78 is 84.8. The molecule has 0 saturated heterocycles. The molecule has 1 aliphatic rings. The van der Waals surface area contributed by atoms with Gasteiger partial charge in [0.05, 0.1) is 33.0 Å². The molecular weight excluding hydrogens is 534 g/mol. The largest absolute Gasteiger partial charge is 0.457 e. The summed E-state index contributed by atoms with van der Waals surface area (Å²) in [5.41, 5.74) is -3.00. The second-order valence-corrected chi connectivity index (χ2v) is 8.50. The summed E-state index contributed by atoms with van der Waals surface area (Å²) in [6, 6.07) is 6.79. The van der Waals surface area contributed by atoms with Crippen molar-refractivity contribution in [3.63, 3.8) is 0 Å². The van der Waals surface area contributed by atoms with Crippen molar-refractivity contribution in [3.05, 3.63) is 74.6 Å². The maximum Gasteiger partial charge on any atom is 0.436 e. The third kappa shape index (κ3) is 6.13. The Bertz CT molecular complexity index is 1370. The topological polar surface area (TPSA) is 99.3 Å². The lowest BCUT2D eigenvalue weighted by Gasteiger charge is -2.12. The van der Waals surface area contributed by atoms with Crippen LogP contribution in [0.3, 0.4) is 0 Å². The van der Waals surface area contributed by atoms with Crippen LogP contribution in [0.2, 0.25) is 5.02 Å². The van der Waals surface area contributed by atoms with Gasteiger partial charge in [-0.05, 0) is 31.0 Å². The Labute approximate surface area is 208 Å². The molecule has 0 unspecified atom stereocenters. The fraction of sp³-hybridized carbons (Fsp3) is 0.273. The minimum atomic E-state index is -4.84. The van der Waals surface area contributed by atoms with Crippen molar-refractivity contribution in [1.82, 2.24) is 9.78 Å². The molecular formula is C22H15ClF6N4O4. The minimum absolute atomic E-state index is 0.0664. The SMILES string of the molecule is O=C(Cn1nc(C(F)(F)F)c(Cl)c1C1CC1)Nc1cc(Oc2cccc(C(F)(F)F)c2)cc([N+](=O)[O-])c1. The van der Waals surface area contributed by atoms with Crippen LogP contribution >= 0.6 is 11.6 Å². The predicted molar refractivity (Wildman–Crippen MR) is 117 cm³/mol. The van der Waals surface area contributed by atoms with E-state index in [1.807, 2.05) is 0 Å². The Balaban J connectivity index is 1.58. The first-order chi connectivity index (χ1) is 17.2. The number of carbonyl (C=O) groups is 1. The lowest BCUT2D eigenvalue weighted by molar-refractivity contribution is -0.384. The number of hydrogen-bond acceptors (Lipinski definition) is 5. The number of benzene rings is 2. The second-order valence-electron chi connectivity index (χ2n) is 8.13. The molecule has 0 spiro atoms. The zero-order chi connectivity index (χ0) is 27.1. The van der Waals surface area contributed by atoms with Gasteiger partial charge >= 0.3 is 12.4 Å². The fourth-order valence-corrected chi connectivity index (χ4v) is 3.93. The van der Waals surface area contributed by atoms with Crippen LogP contribution in [0.5, 0.6) is 11.5 Å². The van der Waals surface area contributed by atoms with Crippen LogP contribution in [0.4, 0.5) is 37.7 Å². The normalized spacial score (nSPS) is 13.9. The molecule has 1 aliphatic carbocycles. The number of non-ortho nitro benzene ring substituents is 1. The Morgan fingerprint density at radius 3 is 2.41 bits per heavy atom. The summed E-state index contributed by atoms with van der Waals surface area (Å²) in [6.07, 6.45) is -8.34. The number of carbonyl (C=O) groups excluding carboxylic acids is 1. The summed E-state index contributed by atoms with van der Waals surface area (Å²) in [5, 5.41) is 16.5. The van der Waals surface area contributed by atoms with Crippen molar-refractivity contribution >= 4 is 28.9 Å². The van der Waals surface area contributed by atoms with Gasteiger partial charge in [0.2, 0.25) is 5.91 Å². The number of amides is 1. The highest BCUT2D eigenvalue weighted by atomic mass is 35.5. The van der Waals surface area contributed by atoms with Crippen LogP contribution in [0.15, 0.2) is 42.5 Å². The molecule has 2 aromatic carbocycles. The van der Waals surface area contributed by atoms with Gasteiger partial charge in [-0.2, -0.15) is 31.4 Å². The van der Waals surface area contributed by atoms with Crippen LogP contribution < -0.4 is 10.1 Å². The molecule has 4 rings (SSSR count). The van der Waals surface area contributed by atoms with E-state index in [-0.39, 0.29) is 28.8 Å². The van der Waals surface area contributed by atoms with Gasteiger partial charge in [-0.3, -0.25) is 19.6 Å². The van der Waals surface area contributed by atoms with Crippen LogP contribution in [-0.2, 0) is 23.7 Å². The van der Waals surface area contributed by atoms with Gasteiger partial charge in [0.25, 0.3) is 5.69 Å². The van der Waals surface area contributed by atoms with Gasteiger partial charge in [-0.15, -0.1) is 0 Å². The average Bonchev–Trinajstić information content (AvgIpc) is 3.55. The number of rotatable bonds is 7. The number of nitro groups is 1. The van der Waals surface area contributed by atoms with E-state index in [9.17, 15) is 41.3 Å². The summed E-state index contributed by atoms with van der Waals surface area (Å²) in [4.78, 5) is 23.1. The van der Waals surface area contributed by atoms with Crippen LogP contribution in [0.1, 0.15) is 35.7 Å². The van der Waals surface area contributed by atoms with E-state index in [1.165, 1.54) is 6.07 Å². The quantitative estimate of drug-likeness (QED) is 0.199. The van der Waals surface area contributed by atoms with E-state index in [1.54, 1.807) is 0 Å². The van der Waals surface area contributed by atoms with Gasteiger partial charge in [0.1, 0.15) is 18.0 Å². The van der Waals surface area contributed by atoms with E-state index in [0.29, 0.717) is 18.9 Å². The second kappa shape index (κ2) is 9.57. The lowest BCUT2D eigenvalue weighted by Crippen LogP contribution is -2.21. The Morgan fingerprint density at radius 2 is 1.81 bits per heavy atom. The number of anilines is 1. The predicted octanol–water partition coefficient (Wildman–Crippen LogP) is 6.79. The van der Waals surface area contributed by atoms with Crippen molar-refractivity contribution in [2.45, 2.75) is 37.7 Å². The van der Waals surface area contributed by atoms with Crippen molar-refractivity contribution in [3.8, 4) is 11.5 Å². The number of nitro benzene ring substituents is 1. The highest BCUT2D eigenvalue weighted by Crippen LogP contribution is 2.47. The van der Waals surface area contributed by atoms with E-state index >= 15 is 0 Å². The average molecular weight is 549 g/mol. The fourth-order valence-electron chi connectivity index (χ4n) is 3.53. The Kier molecular flexibility index (Phi) is 6.79. The summed E-state index contributed by atoms with van der Waals surface area (Å²) >= 11 is 5.89. The van der Waals surface area contributed by atoms with E-state index in [0.717, 1.165) is 35.0 Å². The van der Waals surface area contributed by atoms with E-state index < -0.39 is 51.7 Å². The molecule has 3 aromatic rings. The van der Waals surface area contributed by atoms with Gasteiger partial charge in [-0.25, -0.2) is 0 Å². The molecule has 1 amide bonds. The van der Waals surface area contributed by atoms with Crippen molar-refractivity contribution < 1.29 is 40.8 Å². The smallest absolute Gasteiger partial charge is 0.436 e. The highest BCUT2D eigenvalue weighted by molar-refractivity contribution is 6.32. The van der Waals surface area contributed by atoms with Crippen molar-refractivity contribution in [1.29, 1.82) is 0 Å². The first kappa shape index (κ1) is 26.3. The number of nitrogens with one attached hydrogen (secondary N) is 1. The standard InChI is InChI=1S/C22H15ClF6N4O4/c23-18-19(11-4-5-11)32(31-20(18)22(27,28)29)10-17(34)30-13-7-14(33(35)36)9-16(8-13)37-15-3-1-2-12(6-15)21(24,25)26/h1-3,6-9,11H,4-5,10H2,(H,30,34). The van der Waals surface area contributed by atoms with Crippen molar-refractivity contribution in [2.75, 3.05) is 5.32 Å². The molecule has 196 valence electrons. The molecule has 0 bridgehead atoms. The van der Waals surface area contributed by atoms with Crippen LogP contribution in [0.25, 0.3) is 0 Å². The monoisotopic (exact) mass is 548 g/mol. The molecule has 1 N–H and O–H groups in total. The van der Waals surface area contributed by atoms with Crippen molar-refractivity contribution in [2.24, 2.45) is 0 Å². The lowest BCUT2D eigenvalue weighted by atomic mass is 10.2. The Morgan fingerprint density at radius 1 is 1.11 bits per heavy atom. The summed E-state index contributed by atoms with van der Waals surface area (Å²) in [6.45, 7) is -0.672. The maximum atomic E-state index is 13.2. The molecule has 1 fully saturated rings. The van der Waals surface area contributed by atoms with E-state index in [2.05, 4.69) is 10.4 Å². The molecule has 0 aliphatic heterocycles. The molecule has 1 aromatic heterocycles. The van der Waals surface area contributed by atoms with Gasteiger partial charge < -0.3 is 10.1 Å². The third-order valence-corrected chi connectivity index (χ3v) is 5.61. The zero-order valence-electron chi connectivity index (χ0n) is 18.4. The Hall–Kier alpha value is -3.81. The molecule has 0 radical (unpaired) electrons. The third-order valence-electron chi connectivity index (χ3n) is 5.24. The first-order valence-electron chi connectivity index (χ1n) is 10.5. The molecule has 37 heavy (non-hydrogen) atoms. The van der Waals surface area contributed by atoms with Crippen LogP contribution in [-0.4, -0.2) is 20.6 Å².